The molecule has 8 heteroatoms. The van der Waals surface area contributed by atoms with Gasteiger partial charge in [0, 0.05) is 6.54 Å². The number of benzene rings is 2. The minimum absolute atomic E-state index is 0.163. The third-order valence-corrected chi connectivity index (χ3v) is 5.06. The van der Waals surface area contributed by atoms with Crippen LogP contribution in [-0.4, -0.2) is 53.8 Å². The van der Waals surface area contributed by atoms with Gasteiger partial charge in [0.05, 0.1) is 13.2 Å². The van der Waals surface area contributed by atoms with Crippen molar-refractivity contribution in [3.8, 4) is 5.75 Å². The normalized spacial score (nSPS) is 14.7. The van der Waals surface area contributed by atoms with E-state index in [2.05, 4.69) is 5.32 Å². The lowest BCUT2D eigenvalue weighted by Crippen LogP contribution is -2.42. The van der Waals surface area contributed by atoms with Gasteiger partial charge in [-0.25, -0.2) is 9.69 Å². The molecule has 2 aromatic rings. The molecule has 0 saturated carbocycles. The van der Waals surface area contributed by atoms with Crippen molar-refractivity contribution in [2.45, 2.75) is 25.8 Å². The molecule has 0 unspecified atom stereocenters. The van der Waals surface area contributed by atoms with Crippen LogP contribution in [-0.2, 0) is 14.4 Å². The van der Waals surface area contributed by atoms with Crippen LogP contribution in [0, 0.1) is 0 Å². The maximum atomic E-state index is 12.8. The van der Waals surface area contributed by atoms with E-state index >= 15 is 0 Å². The van der Waals surface area contributed by atoms with Gasteiger partial charge in [0.2, 0.25) is 5.91 Å². The summed E-state index contributed by atoms with van der Waals surface area (Å²) in [6, 6.07) is 15.3. The van der Waals surface area contributed by atoms with E-state index in [-0.39, 0.29) is 6.54 Å². The topological polar surface area (TPSA) is 96.0 Å². The fourth-order valence-electron chi connectivity index (χ4n) is 3.35. The zero-order valence-corrected chi connectivity index (χ0v) is 17.5. The van der Waals surface area contributed by atoms with Gasteiger partial charge in [-0.2, -0.15) is 0 Å². The monoisotopic (exact) mass is 423 g/mol. The molecule has 0 radical (unpaired) electrons. The quantitative estimate of drug-likeness (QED) is 0.494. The average Bonchev–Trinajstić information content (AvgIpc) is 2.99. The second-order valence-electron chi connectivity index (χ2n) is 7.17. The second-order valence-corrected chi connectivity index (χ2v) is 7.17. The van der Waals surface area contributed by atoms with Crippen molar-refractivity contribution >= 4 is 23.8 Å². The number of hydrogen-bond acceptors (Lipinski definition) is 5. The summed E-state index contributed by atoms with van der Waals surface area (Å²) >= 11 is 0. The molecular weight excluding hydrogens is 398 g/mol. The lowest BCUT2D eigenvalue weighted by Gasteiger charge is -2.22. The number of unbranched alkanes of at least 4 members (excludes halogenated alkanes) is 1. The first-order valence-corrected chi connectivity index (χ1v) is 10.1. The molecule has 8 nitrogen and oxygen atoms in total. The molecule has 1 fully saturated rings. The zero-order valence-electron chi connectivity index (χ0n) is 17.5. The standard InChI is InChI=1S/C23H25N3O5/c1-3-4-14-25-21(28)22(29)26(23(25)30)15-19(27)24-20(16-8-6-5-7-9-16)17-10-12-18(31-2)13-11-17/h5-13,20H,3-4,14-15H2,1-2H3,(H,24,27)/t20-/m1/s1. The number of rotatable bonds is 9. The highest BCUT2D eigenvalue weighted by Gasteiger charge is 2.44. The van der Waals surface area contributed by atoms with Gasteiger partial charge in [0.25, 0.3) is 0 Å². The highest BCUT2D eigenvalue weighted by molar-refractivity contribution is 6.45. The summed E-state index contributed by atoms with van der Waals surface area (Å²) in [6.45, 7) is 1.56. The van der Waals surface area contributed by atoms with Crippen LogP contribution in [0.25, 0.3) is 0 Å². The molecule has 31 heavy (non-hydrogen) atoms. The first kappa shape index (κ1) is 22.0. The average molecular weight is 423 g/mol. The van der Waals surface area contributed by atoms with Crippen molar-refractivity contribution in [1.29, 1.82) is 0 Å². The van der Waals surface area contributed by atoms with Crippen molar-refractivity contribution in [2.75, 3.05) is 20.2 Å². The number of nitrogens with one attached hydrogen (secondary N) is 1. The van der Waals surface area contributed by atoms with Crippen LogP contribution < -0.4 is 10.1 Å². The lowest BCUT2D eigenvalue weighted by atomic mass is 9.98. The molecule has 0 bridgehead atoms. The third kappa shape index (κ3) is 4.91. The minimum atomic E-state index is -0.975. The third-order valence-electron chi connectivity index (χ3n) is 5.06. The van der Waals surface area contributed by atoms with E-state index in [1.807, 2.05) is 49.4 Å². The van der Waals surface area contributed by atoms with Gasteiger partial charge in [-0.1, -0.05) is 55.8 Å². The number of urea groups is 1. The smallest absolute Gasteiger partial charge is 0.334 e. The summed E-state index contributed by atoms with van der Waals surface area (Å²) in [5.41, 5.74) is 1.64. The van der Waals surface area contributed by atoms with Gasteiger partial charge >= 0.3 is 17.8 Å². The van der Waals surface area contributed by atoms with Crippen molar-refractivity contribution < 1.29 is 23.9 Å². The molecule has 1 saturated heterocycles. The van der Waals surface area contributed by atoms with Crippen molar-refractivity contribution in [1.82, 2.24) is 15.1 Å². The fraction of sp³-hybridized carbons (Fsp3) is 0.304. The lowest BCUT2D eigenvalue weighted by molar-refractivity contribution is -0.144. The Morgan fingerprint density at radius 2 is 1.55 bits per heavy atom. The summed E-state index contributed by atoms with van der Waals surface area (Å²) in [6.07, 6.45) is 1.37. The van der Waals surface area contributed by atoms with E-state index in [1.165, 1.54) is 0 Å². The molecule has 0 aliphatic carbocycles. The Labute approximate surface area is 180 Å². The van der Waals surface area contributed by atoms with Crippen molar-refractivity contribution in [3.05, 3.63) is 65.7 Å². The largest absolute Gasteiger partial charge is 0.497 e. The molecule has 162 valence electrons. The van der Waals surface area contributed by atoms with Crippen LogP contribution in [0.4, 0.5) is 4.79 Å². The zero-order chi connectivity index (χ0) is 22.4. The molecule has 1 N–H and O–H groups in total. The molecule has 1 heterocycles. The Morgan fingerprint density at radius 3 is 2.16 bits per heavy atom. The molecule has 0 aromatic heterocycles. The van der Waals surface area contributed by atoms with Gasteiger partial charge in [-0.05, 0) is 29.7 Å². The number of methoxy groups -OCH3 is 1. The molecule has 5 amide bonds. The number of hydrogen-bond donors (Lipinski definition) is 1. The molecule has 0 spiro atoms. The Balaban J connectivity index is 1.77. The maximum absolute atomic E-state index is 12.8. The Hall–Kier alpha value is -3.68. The van der Waals surface area contributed by atoms with Gasteiger partial charge in [-0.15, -0.1) is 0 Å². The number of amides is 5. The van der Waals surface area contributed by atoms with E-state index in [9.17, 15) is 19.2 Å². The van der Waals surface area contributed by atoms with E-state index in [1.54, 1.807) is 19.2 Å². The SMILES string of the molecule is CCCCN1C(=O)C(=O)N(CC(=O)N[C@H](c2ccccc2)c2ccc(OC)cc2)C1=O. The molecule has 3 rings (SSSR count). The van der Waals surface area contributed by atoms with Crippen LogP contribution in [0.15, 0.2) is 54.6 Å². The van der Waals surface area contributed by atoms with E-state index in [0.717, 1.165) is 22.4 Å². The number of carbonyl (C=O) groups excluding carboxylic acids is 4. The summed E-state index contributed by atoms with van der Waals surface area (Å²) in [7, 11) is 1.57. The van der Waals surface area contributed by atoms with Crippen LogP contribution in [0.5, 0.6) is 5.75 Å². The molecular formula is C23H25N3O5. The number of carbonyl (C=O) groups is 4. The summed E-state index contributed by atoms with van der Waals surface area (Å²) < 4.78 is 5.19. The van der Waals surface area contributed by atoms with Crippen LogP contribution in [0.3, 0.4) is 0 Å². The Morgan fingerprint density at radius 1 is 0.935 bits per heavy atom. The summed E-state index contributed by atoms with van der Waals surface area (Å²) in [5.74, 6) is -1.73. The number of nitrogens with zero attached hydrogens (tertiary/aromatic N) is 2. The van der Waals surface area contributed by atoms with Crippen LogP contribution >= 0.6 is 0 Å². The summed E-state index contributed by atoms with van der Waals surface area (Å²) in [5, 5.41) is 2.87. The minimum Gasteiger partial charge on any atom is -0.497 e. The van der Waals surface area contributed by atoms with Gasteiger partial charge in [-0.3, -0.25) is 19.3 Å². The first-order chi connectivity index (χ1) is 15.0. The highest BCUT2D eigenvalue weighted by atomic mass is 16.5. The molecule has 1 aliphatic heterocycles. The van der Waals surface area contributed by atoms with Crippen molar-refractivity contribution in [2.24, 2.45) is 0 Å². The van der Waals surface area contributed by atoms with Crippen LogP contribution in [0.2, 0.25) is 0 Å². The van der Waals surface area contributed by atoms with Gasteiger partial charge in [0.15, 0.2) is 0 Å². The predicted molar refractivity (Wildman–Crippen MR) is 113 cm³/mol. The summed E-state index contributed by atoms with van der Waals surface area (Å²) in [4.78, 5) is 51.2. The second kappa shape index (κ2) is 9.88. The van der Waals surface area contributed by atoms with Crippen LogP contribution in [0.1, 0.15) is 36.9 Å². The highest BCUT2D eigenvalue weighted by Crippen LogP contribution is 2.24. The van der Waals surface area contributed by atoms with Crippen molar-refractivity contribution in [3.63, 3.8) is 0 Å². The maximum Gasteiger partial charge on any atom is 0.334 e. The molecule has 1 aliphatic rings. The van der Waals surface area contributed by atoms with E-state index in [4.69, 9.17) is 4.74 Å². The molecule has 2 aromatic carbocycles. The number of ether oxygens (including phenoxy) is 1. The Bertz CT molecular complexity index is 959. The predicted octanol–water partition coefficient (Wildman–Crippen LogP) is 2.49. The fourth-order valence-corrected chi connectivity index (χ4v) is 3.35. The van der Waals surface area contributed by atoms with Gasteiger partial charge < -0.3 is 10.1 Å². The van der Waals surface area contributed by atoms with E-state index in [0.29, 0.717) is 17.1 Å². The molecule has 1 atom stereocenters. The number of imide groups is 2. The first-order valence-electron chi connectivity index (χ1n) is 10.1. The Kier molecular flexibility index (Phi) is 7.02. The van der Waals surface area contributed by atoms with Gasteiger partial charge in [0.1, 0.15) is 12.3 Å². The van der Waals surface area contributed by atoms with E-state index < -0.39 is 36.3 Å².